The number of amides is 2. The fourth-order valence-electron chi connectivity index (χ4n) is 5.01. The number of benzene rings is 4. The van der Waals surface area contributed by atoms with Gasteiger partial charge >= 0.3 is 0 Å². The predicted molar refractivity (Wildman–Crippen MR) is 184 cm³/mol. The number of hydrogen-bond acceptors (Lipinski definition) is 6. The van der Waals surface area contributed by atoms with Crippen molar-refractivity contribution in [2.75, 3.05) is 18.0 Å². The highest BCUT2D eigenvalue weighted by atomic mass is 32.2. The van der Waals surface area contributed by atoms with Crippen molar-refractivity contribution in [3.05, 3.63) is 114 Å². The van der Waals surface area contributed by atoms with Crippen LogP contribution in [-0.4, -0.2) is 50.4 Å². The highest BCUT2D eigenvalue weighted by Crippen LogP contribution is 2.29. The minimum atomic E-state index is -4.21. The molecule has 47 heavy (non-hydrogen) atoms. The van der Waals surface area contributed by atoms with Gasteiger partial charge in [-0.3, -0.25) is 13.9 Å². The number of carbonyl (C=O) groups is 2. The van der Waals surface area contributed by atoms with Crippen LogP contribution in [0.5, 0.6) is 17.2 Å². The second-order valence-electron chi connectivity index (χ2n) is 12.3. The van der Waals surface area contributed by atoms with E-state index in [-0.39, 0.29) is 23.0 Å². The molecule has 1 atom stereocenters. The normalized spacial score (nSPS) is 12.1. The summed E-state index contributed by atoms with van der Waals surface area (Å²) >= 11 is 0. The van der Waals surface area contributed by atoms with E-state index in [2.05, 4.69) is 5.32 Å². The molecule has 9 nitrogen and oxygen atoms in total. The zero-order chi connectivity index (χ0) is 34.2. The Morgan fingerprint density at radius 1 is 0.830 bits per heavy atom. The van der Waals surface area contributed by atoms with E-state index >= 15 is 0 Å². The molecule has 1 N–H and O–H groups in total. The van der Waals surface area contributed by atoms with E-state index in [0.717, 1.165) is 15.4 Å². The van der Waals surface area contributed by atoms with Gasteiger partial charge in [-0.05, 0) is 100 Å². The summed E-state index contributed by atoms with van der Waals surface area (Å²) in [4.78, 5) is 29.4. The predicted octanol–water partition coefficient (Wildman–Crippen LogP) is 6.71. The van der Waals surface area contributed by atoms with Gasteiger partial charge in [0.15, 0.2) is 0 Å². The zero-order valence-electron chi connectivity index (χ0n) is 27.8. The monoisotopic (exact) mass is 657 g/mol. The average molecular weight is 658 g/mol. The smallest absolute Gasteiger partial charge is 0.264 e. The first kappa shape index (κ1) is 35.0. The number of methoxy groups -OCH3 is 1. The minimum Gasteiger partial charge on any atom is -0.497 e. The van der Waals surface area contributed by atoms with Gasteiger partial charge in [0, 0.05) is 12.1 Å². The first-order valence-electron chi connectivity index (χ1n) is 15.5. The van der Waals surface area contributed by atoms with Gasteiger partial charge in [-0.25, -0.2) is 8.42 Å². The molecule has 0 aliphatic heterocycles. The average Bonchev–Trinajstić information content (AvgIpc) is 3.04. The molecule has 248 valence electrons. The number of nitrogens with one attached hydrogen (secondary N) is 1. The maximum atomic E-state index is 14.4. The van der Waals surface area contributed by atoms with Gasteiger partial charge < -0.3 is 19.7 Å². The van der Waals surface area contributed by atoms with Crippen molar-refractivity contribution in [2.24, 2.45) is 0 Å². The Labute approximate surface area is 278 Å². The quantitative estimate of drug-likeness (QED) is 0.171. The van der Waals surface area contributed by atoms with E-state index in [1.807, 2.05) is 71.0 Å². The standard InChI is InChI=1S/C37H43N3O6S/c1-7-34(36(42)38-37(3,4)5)39(25-28-12-11-15-32(24-28)45-6)35(41)26-40(47(43,44)33-22-16-27(2)17-23-33)29-18-20-31(21-19-29)46-30-13-9-8-10-14-30/h8-24,34H,7,25-26H2,1-6H3,(H,38,42)/t34-/m0/s1. The third-order valence-corrected chi connectivity index (χ3v) is 9.15. The van der Waals surface area contributed by atoms with Crippen molar-refractivity contribution in [2.45, 2.75) is 64.1 Å². The van der Waals surface area contributed by atoms with Crippen molar-refractivity contribution in [3.63, 3.8) is 0 Å². The third kappa shape index (κ3) is 9.36. The molecule has 0 fully saturated rings. The van der Waals surface area contributed by atoms with Crippen molar-refractivity contribution in [1.29, 1.82) is 0 Å². The Balaban J connectivity index is 1.74. The summed E-state index contributed by atoms with van der Waals surface area (Å²) in [6.45, 7) is 8.82. The van der Waals surface area contributed by atoms with Crippen molar-refractivity contribution in [1.82, 2.24) is 10.2 Å². The Kier molecular flexibility index (Phi) is 11.3. The van der Waals surface area contributed by atoms with Gasteiger partial charge in [0.2, 0.25) is 11.8 Å². The highest BCUT2D eigenvalue weighted by molar-refractivity contribution is 7.92. The maximum Gasteiger partial charge on any atom is 0.264 e. The van der Waals surface area contributed by atoms with Crippen molar-refractivity contribution >= 4 is 27.5 Å². The fourth-order valence-corrected chi connectivity index (χ4v) is 6.43. The molecule has 0 aromatic heterocycles. The lowest BCUT2D eigenvalue weighted by molar-refractivity contribution is -0.141. The molecular weight excluding hydrogens is 614 g/mol. The number of hydrogen-bond donors (Lipinski definition) is 1. The molecule has 4 rings (SSSR count). The molecule has 0 radical (unpaired) electrons. The molecule has 0 unspecified atom stereocenters. The van der Waals surface area contributed by atoms with Crippen LogP contribution in [0.2, 0.25) is 0 Å². The summed E-state index contributed by atoms with van der Waals surface area (Å²) in [6, 6.07) is 28.6. The fraction of sp³-hybridized carbons (Fsp3) is 0.297. The topological polar surface area (TPSA) is 105 Å². The van der Waals surface area contributed by atoms with Gasteiger partial charge in [-0.1, -0.05) is 55.0 Å². The zero-order valence-corrected chi connectivity index (χ0v) is 28.6. The third-order valence-electron chi connectivity index (χ3n) is 7.36. The van der Waals surface area contributed by atoms with Gasteiger partial charge in [0.1, 0.15) is 29.8 Å². The molecule has 4 aromatic rings. The molecule has 10 heteroatoms. The lowest BCUT2D eigenvalue weighted by Gasteiger charge is -2.34. The highest BCUT2D eigenvalue weighted by Gasteiger charge is 2.34. The molecule has 2 amide bonds. The van der Waals surface area contributed by atoms with Crippen LogP contribution < -0.4 is 19.1 Å². The second kappa shape index (κ2) is 15.2. The number of nitrogens with zero attached hydrogens (tertiary/aromatic N) is 2. The Bertz CT molecular complexity index is 1750. The molecule has 0 aliphatic rings. The Morgan fingerprint density at radius 2 is 1.45 bits per heavy atom. The number of para-hydroxylation sites is 1. The molecule has 0 heterocycles. The molecule has 0 saturated carbocycles. The van der Waals surface area contributed by atoms with Crippen molar-refractivity contribution < 1.29 is 27.5 Å². The van der Waals surface area contributed by atoms with Crippen LogP contribution in [0.1, 0.15) is 45.2 Å². The van der Waals surface area contributed by atoms with E-state index in [1.54, 1.807) is 61.7 Å². The molecule has 0 bridgehead atoms. The minimum absolute atomic E-state index is 0.0392. The van der Waals surface area contributed by atoms with E-state index in [4.69, 9.17) is 9.47 Å². The van der Waals surface area contributed by atoms with Crippen LogP contribution in [0.4, 0.5) is 5.69 Å². The Morgan fingerprint density at radius 3 is 2.04 bits per heavy atom. The summed E-state index contributed by atoms with van der Waals surface area (Å²) in [6.07, 6.45) is 0.313. The van der Waals surface area contributed by atoms with Crippen LogP contribution in [0, 0.1) is 6.92 Å². The van der Waals surface area contributed by atoms with E-state index in [1.165, 1.54) is 17.0 Å². The first-order valence-corrected chi connectivity index (χ1v) is 16.9. The molecule has 4 aromatic carbocycles. The lowest BCUT2D eigenvalue weighted by atomic mass is 10.1. The van der Waals surface area contributed by atoms with Crippen LogP contribution in [0.25, 0.3) is 0 Å². The summed E-state index contributed by atoms with van der Waals surface area (Å²) in [5.41, 5.74) is 1.36. The number of aryl methyl sites for hydroxylation is 1. The number of carbonyl (C=O) groups excluding carboxylic acids is 2. The van der Waals surface area contributed by atoms with E-state index in [0.29, 0.717) is 23.7 Å². The Hall–Kier alpha value is -4.83. The van der Waals surface area contributed by atoms with E-state index < -0.39 is 34.1 Å². The summed E-state index contributed by atoms with van der Waals surface area (Å²) < 4.78 is 40.8. The maximum absolute atomic E-state index is 14.4. The van der Waals surface area contributed by atoms with Crippen LogP contribution in [0.3, 0.4) is 0 Å². The summed E-state index contributed by atoms with van der Waals surface area (Å²) in [7, 11) is -2.66. The summed E-state index contributed by atoms with van der Waals surface area (Å²) in [5.74, 6) is 0.870. The molecule has 0 spiro atoms. The van der Waals surface area contributed by atoms with Gasteiger partial charge in [-0.15, -0.1) is 0 Å². The van der Waals surface area contributed by atoms with Crippen LogP contribution in [0.15, 0.2) is 108 Å². The molecular formula is C37H43N3O6S. The number of ether oxygens (including phenoxy) is 2. The van der Waals surface area contributed by atoms with Gasteiger partial charge in [-0.2, -0.15) is 0 Å². The lowest BCUT2D eigenvalue weighted by Crippen LogP contribution is -2.55. The van der Waals surface area contributed by atoms with Gasteiger partial charge in [0.25, 0.3) is 10.0 Å². The number of anilines is 1. The van der Waals surface area contributed by atoms with Gasteiger partial charge in [0.05, 0.1) is 17.7 Å². The summed E-state index contributed by atoms with van der Waals surface area (Å²) in [5, 5.41) is 2.98. The van der Waals surface area contributed by atoms with Crippen molar-refractivity contribution in [3.8, 4) is 17.2 Å². The van der Waals surface area contributed by atoms with Crippen LogP contribution in [-0.2, 0) is 26.2 Å². The van der Waals surface area contributed by atoms with Crippen LogP contribution >= 0.6 is 0 Å². The number of rotatable bonds is 13. The largest absolute Gasteiger partial charge is 0.497 e. The molecule has 0 aliphatic carbocycles. The van der Waals surface area contributed by atoms with E-state index in [9.17, 15) is 18.0 Å². The second-order valence-corrected chi connectivity index (χ2v) is 14.1. The number of sulfonamides is 1. The first-order chi connectivity index (χ1) is 22.3. The SMILES string of the molecule is CC[C@@H](C(=O)NC(C)(C)C)N(Cc1cccc(OC)c1)C(=O)CN(c1ccc(Oc2ccccc2)cc1)S(=O)(=O)c1ccc(C)cc1. The molecule has 0 saturated heterocycles.